The van der Waals surface area contributed by atoms with Gasteiger partial charge in [0.15, 0.2) is 11.7 Å². The van der Waals surface area contributed by atoms with E-state index in [1.54, 1.807) is 11.3 Å². The minimum absolute atomic E-state index is 0.0167. The van der Waals surface area contributed by atoms with E-state index in [0.29, 0.717) is 18.9 Å². The molecule has 2 aliphatic heterocycles. The average molecular weight is 626 g/mol. The molecule has 0 amide bonds. The van der Waals surface area contributed by atoms with Crippen molar-refractivity contribution in [3.63, 3.8) is 0 Å². The molecule has 8 atom stereocenters. The lowest BCUT2D eigenvalue weighted by Gasteiger charge is -2.71. The predicted molar refractivity (Wildman–Crippen MR) is 179 cm³/mol. The number of carbonyl (C=O) groups excluding carboxylic acids is 1. The van der Waals surface area contributed by atoms with E-state index in [-0.39, 0.29) is 34.1 Å². The summed E-state index contributed by atoms with van der Waals surface area (Å²) in [6, 6.07) is 10.4. The summed E-state index contributed by atoms with van der Waals surface area (Å²) in [5.74, 6) is 1.74. The summed E-state index contributed by atoms with van der Waals surface area (Å²) in [5.41, 5.74) is -0.967. The number of carbonyl (C=O) groups is 1. The third-order valence-electron chi connectivity index (χ3n) is 14.3. The van der Waals surface area contributed by atoms with Gasteiger partial charge in [0.2, 0.25) is 0 Å². The summed E-state index contributed by atoms with van der Waals surface area (Å²) in [7, 11) is 0. The summed E-state index contributed by atoms with van der Waals surface area (Å²) in [6.07, 6.45) is 15.2. The molecule has 8 unspecified atom stereocenters. The van der Waals surface area contributed by atoms with Gasteiger partial charge in [-0.25, -0.2) is 0 Å². The van der Waals surface area contributed by atoms with Crippen LogP contribution in [-0.2, 0) is 0 Å². The number of nitrogens with zero attached hydrogens (tertiary/aromatic N) is 3. The van der Waals surface area contributed by atoms with Crippen LogP contribution in [0.4, 0.5) is 0 Å². The lowest BCUT2D eigenvalue weighted by molar-refractivity contribution is -0.174. The van der Waals surface area contributed by atoms with Crippen LogP contribution in [0.15, 0.2) is 59.1 Å². The van der Waals surface area contributed by atoms with Gasteiger partial charge in [0.1, 0.15) is 0 Å². The predicted octanol–water partition coefficient (Wildman–Crippen LogP) is 6.44. The van der Waals surface area contributed by atoms with Crippen molar-refractivity contribution in [1.82, 2.24) is 9.80 Å². The van der Waals surface area contributed by atoms with Crippen molar-refractivity contribution in [2.45, 2.75) is 83.3 Å². The molecule has 1 aromatic heterocycles. The number of Topliss-reactive ketones (excluding diaryl/α,β-unsaturated/α-hetero) is 1. The summed E-state index contributed by atoms with van der Waals surface area (Å²) < 4.78 is 1.15. The highest BCUT2D eigenvalue weighted by molar-refractivity contribution is 7.21. The highest BCUT2D eigenvalue weighted by Crippen LogP contribution is 2.78. The van der Waals surface area contributed by atoms with Crippen molar-refractivity contribution in [2.75, 3.05) is 32.7 Å². The maximum atomic E-state index is 14.9. The summed E-state index contributed by atoms with van der Waals surface area (Å²) in [5, 5.41) is 25.0. The van der Waals surface area contributed by atoms with Crippen molar-refractivity contribution in [3.8, 4) is 0 Å². The maximum Gasteiger partial charge on any atom is 0.199 e. The van der Waals surface area contributed by atoms with E-state index in [9.17, 15) is 15.0 Å². The van der Waals surface area contributed by atoms with Gasteiger partial charge >= 0.3 is 0 Å². The molecule has 6 nitrogen and oxygen atoms in total. The summed E-state index contributed by atoms with van der Waals surface area (Å²) >= 11 is 1.61. The second kappa shape index (κ2) is 9.54. The van der Waals surface area contributed by atoms with Gasteiger partial charge in [-0.15, -0.1) is 11.3 Å². The number of guanidine groups is 1. The Morgan fingerprint density at radius 1 is 1.00 bits per heavy atom. The SMILES string of the molecule is CC12CCC(O)CC13C=CC1(C(C(=O)c4cc5ccccc5s4)=C3)C2CCC2(C)C1CCC2(O)CN1CCCN2CCCN=C21. The number of allylic oxidation sites excluding steroid dienone is 4. The van der Waals surface area contributed by atoms with Gasteiger partial charge in [0, 0.05) is 52.7 Å². The molecule has 238 valence electrons. The molecule has 7 heteroatoms. The van der Waals surface area contributed by atoms with Gasteiger partial charge in [-0.2, -0.15) is 0 Å². The molecule has 2 bridgehead atoms. The fourth-order valence-corrected chi connectivity index (χ4v) is 13.0. The van der Waals surface area contributed by atoms with Gasteiger partial charge in [0.25, 0.3) is 0 Å². The highest BCUT2D eigenvalue weighted by atomic mass is 32.1. The quantitative estimate of drug-likeness (QED) is 0.302. The lowest BCUT2D eigenvalue weighted by atomic mass is 9.32. The molecule has 3 saturated carbocycles. The molecule has 2 spiro atoms. The van der Waals surface area contributed by atoms with Crippen LogP contribution in [0.1, 0.15) is 81.3 Å². The van der Waals surface area contributed by atoms with Crippen LogP contribution in [0.3, 0.4) is 0 Å². The van der Waals surface area contributed by atoms with E-state index in [1.807, 2.05) is 12.1 Å². The molecule has 10 rings (SSSR count). The molecule has 4 fully saturated rings. The molecule has 2 N–H and O–H groups in total. The molecule has 6 aliphatic carbocycles. The summed E-state index contributed by atoms with van der Waals surface area (Å²) in [6.45, 7) is 9.39. The van der Waals surface area contributed by atoms with Gasteiger partial charge in [-0.05, 0) is 92.6 Å². The smallest absolute Gasteiger partial charge is 0.199 e. The monoisotopic (exact) mass is 625 g/mol. The molecule has 2 aromatic rings. The number of β-amino-alcohol motifs (C(OH)–C–C–N with tert-alkyl or cyclic N) is 1. The molecule has 1 aromatic carbocycles. The second-order valence-electron chi connectivity index (χ2n) is 16.1. The van der Waals surface area contributed by atoms with Crippen LogP contribution in [0.2, 0.25) is 0 Å². The molecule has 8 aliphatic rings. The van der Waals surface area contributed by atoms with E-state index in [1.165, 1.54) is 0 Å². The van der Waals surface area contributed by atoms with E-state index >= 15 is 0 Å². The standard InChI is InChI=1S/C38H47N3O3S/c1-34-12-9-26(42)22-36(34)15-16-38(27(23-36)32(43)29-21-25-7-3-4-8-28(25)45-29)30(34)10-13-35(2)31(38)11-14-37(35,44)24-41-20-6-19-40-18-5-17-39-33(40)41/h3-4,7-8,15-16,21,23,26,30-31,42,44H,5-6,9-14,17-20,22,24H2,1-2H3. The van der Waals surface area contributed by atoms with Crippen molar-refractivity contribution in [1.29, 1.82) is 0 Å². The Morgan fingerprint density at radius 3 is 2.64 bits per heavy atom. The van der Waals surface area contributed by atoms with Crippen molar-refractivity contribution >= 4 is 33.2 Å². The number of thiophene rings is 1. The zero-order chi connectivity index (χ0) is 30.8. The topological polar surface area (TPSA) is 76.4 Å². The van der Waals surface area contributed by atoms with Crippen molar-refractivity contribution in [2.24, 2.45) is 38.5 Å². The number of hydrogen-bond donors (Lipinski definition) is 2. The fraction of sp³-hybridized carbons (Fsp3) is 0.632. The highest BCUT2D eigenvalue weighted by Gasteiger charge is 2.74. The third-order valence-corrected chi connectivity index (χ3v) is 15.4. The van der Waals surface area contributed by atoms with Crippen LogP contribution >= 0.6 is 11.3 Å². The Balaban J connectivity index is 1.16. The lowest BCUT2D eigenvalue weighted by Crippen LogP contribution is -2.68. The summed E-state index contributed by atoms with van der Waals surface area (Å²) in [4.78, 5) is 25.5. The minimum Gasteiger partial charge on any atom is -0.393 e. The first kappa shape index (κ1) is 28.7. The average Bonchev–Trinajstić information content (AvgIpc) is 3.59. The molecular formula is C38H47N3O3S. The Hall–Kier alpha value is -2.48. The zero-order valence-electron chi connectivity index (χ0n) is 26.8. The van der Waals surface area contributed by atoms with Gasteiger partial charge in [-0.1, -0.05) is 50.3 Å². The van der Waals surface area contributed by atoms with Crippen LogP contribution in [0, 0.1) is 33.5 Å². The number of fused-ring (bicyclic) bond motifs is 3. The number of hydrogen-bond acceptors (Lipinski definition) is 7. The Labute approximate surface area is 270 Å². The van der Waals surface area contributed by atoms with Crippen molar-refractivity contribution < 1.29 is 15.0 Å². The minimum atomic E-state index is -0.852. The maximum absolute atomic E-state index is 14.9. The van der Waals surface area contributed by atoms with Crippen molar-refractivity contribution in [3.05, 3.63) is 59.0 Å². The first-order valence-corrected chi connectivity index (χ1v) is 18.4. The van der Waals surface area contributed by atoms with Crippen LogP contribution < -0.4 is 0 Å². The van der Waals surface area contributed by atoms with E-state index in [0.717, 1.165) is 104 Å². The number of aliphatic imine (C=N–C) groups is 1. The first-order chi connectivity index (χ1) is 21.6. The third kappa shape index (κ3) is 3.64. The molecule has 1 saturated heterocycles. The Kier molecular flexibility index (Phi) is 6.09. The van der Waals surface area contributed by atoms with Gasteiger partial charge in [0.05, 0.1) is 23.1 Å². The molecule has 0 radical (unpaired) electrons. The molecular weight excluding hydrogens is 579 g/mol. The largest absolute Gasteiger partial charge is 0.393 e. The van der Waals surface area contributed by atoms with E-state index < -0.39 is 11.0 Å². The number of benzene rings is 1. The van der Waals surface area contributed by atoms with Crippen LogP contribution in [-0.4, -0.2) is 76.2 Å². The Morgan fingerprint density at radius 2 is 1.78 bits per heavy atom. The van der Waals surface area contributed by atoms with Gasteiger partial charge in [-0.3, -0.25) is 9.79 Å². The number of rotatable bonds is 4. The Bertz CT molecular complexity index is 1650. The number of aliphatic hydroxyl groups is 2. The zero-order valence-corrected chi connectivity index (χ0v) is 27.6. The molecule has 3 heterocycles. The fourth-order valence-electron chi connectivity index (χ4n) is 12.0. The molecule has 45 heavy (non-hydrogen) atoms. The van der Waals surface area contributed by atoms with Crippen LogP contribution in [0.25, 0.3) is 10.1 Å². The van der Waals surface area contributed by atoms with Gasteiger partial charge < -0.3 is 20.0 Å². The number of aliphatic hydroxyl groups excluding tert-OH is 1. The first-order valence-electron chi connectivity index (χ1n) is 17.5. The normalized spacial score (nSPS) is 43.3. The van der Waals surface area contributed by atoms with E-state index in [2.05, 4.69) is 60.1 Å². The number of ketones is 1. The van der Waals surface area contributed by atoms with Crippen LogP contribution in [0.5, 0.6) is 0 Å². The second-order valence-corrected chi connectivity index (χ2v) is 17.2. The van der Waals surface area contributed by atoms with E-state index in [4.69, 9.17) is 4.99 Å².